The van der Waals surface area contributed by atoms with Gasteiger partial charge >= 0.3 is 12.0 Å². The van der Waals surface area contributed by atoms with Gasteiger partial charge in [0.1, 0.15) is 0 Å². The molecule has 1 aliphatic carbocycles. The van der Waals surface area contributed by atoms with Crippen LogP contribution in [0.25, 0.3) is 11.3 Å². The number of hydrogen-bond acceptors (Lipinski definition) is 5. The van der Waals surface area contributed by atoms with Crippen molar-refractivity contribution in [1.82, 2.24) is 4.98 Å². The van der Waals surface area contributed by atoms with E-state index in [0.29, 0.717) is 17.3 Å². The quantitative estimate of drug-likeness (QED) is 0.538. The van der Waals surface area contributed by atoms with Crippen LogP contribution in [-0.4, -0.2) is 24.1 Å². The number of rotatable bonds is 5. The van der Waals surface area contributed by atoms with Gasteiger partial charge in [0.15, 0.2) is 11.7 Å². The first kappa shape index (κ1) is 20.7. The number of para-hydroxylation sites is 1. The van der Waals surface area contributed by atoms with E-state index in [-0.39, 0.29) is 23.8 Å². The van der Waals surface area contributed by atoms with E-state index in [4.69, 9.17) is 9.15 Å². The van der Waals surface area contributed by atoms with E-state index in [9.17, 15) is 9.59 Å². The highest BCUT2D eigenvalue weighted by atomic mass is 16.5. The van der Waals surface area contributed by atoms with Crippen LogP contribution in [0, 0.1) is 5.92 Å². The summed E-state index contributed by atoms with van der Waals surface area (Å²) >= 11 is 0. The van der Waals surface area contributed by atoms with Gasteiger partial charge in [0.2, 0.25) is 0 Å². The summed E-state index contributed by atoms with van der Waals surface area (Å²) in [6, 6.07) is 16.4. The molecule has 7 nitrogen and oxygen atoms in total. The van der Waals surface area contributed by atoms with Gasteiger partial charge in [0.05, 0.1) is 19.2 Å². The summed E-state index contributed by atoms with van der Waals surface area (Å²) in [5.74, 6) is 1.47. The molecule has 1 aliphatic rings. The van der Waals surface area contributed by atoms with Crippen molar-refractivity contribution in [2.75, 3.05) is 17.7 Å². The number of nitrogens with zero attached hydrogens (tertiary/aromatic N) is 1. The molecule has 0 saturated heterocycles. The third-order valence-electron chi connectivity index (χ3n) is 5.59. The molecule has 0 bridgehead atoms. The van der Waals surface area contributed by atoms with Crippen molar-refractivity contribution in [3.63, 3.8) is 0 Å². The molecule has 3 aromatic rings. The minimum atomic E-state index is -0.302. The summed E-state index contributed by atoms with van der Waals surface area (Å²) in [4.78, 5) is 28.3. The van der Waals surface area contributed by atoms with Gasteiger partial charge in [-0.05, 0) is 62.1 Å². The normalized spacial score (nSPS) is 18.2. The second kappa shape index (κ2) is 9.47. The topological polar surface area (TPSA) is 93.5 Å². The van der Waals surface area contributed by atoms with Crippen molar-refractivity contribution in [1.29, 1.82) is 0 Å². The molecule has 1 aromatic heterocycles. The highest BCUT2D eigenvalue weighted by Crippen LogP contribution is 2.37. The van der Waals surface area contributed by atoms with Gasteiger partial charge in [-0.25, -0.2) is 9.78 Å². The average molecular weight is 419 g/mol. The van der Waals surface area contributed by atoms with Crippen molar-refractivity contribution >= 4 is 23.4 Å². The van der Waals surface area contributed by atoms with Crippen molar-refractivity contribution in [2.24, 2.45) is 5.92 Å². The SMILES string of the molecule is COC(=O)C1CCC(c2ncc(-c3ccc(NC(=O)Nc4ccccc4)cc3)o2)CC1. The predicted molar refractivity (Wildman–Crippen MR) is 118 cm³/mol. The third kappa shape index (κ3) is 5.12. The Labute approximate surface area is 180 Å². The van der Waals surface area contributed by atoms with Crippen molar-refractivity contribution in [3.8, 4) is 11.3 Å². The first-order valence-corrected chi connectivity index (χ1v) is 10.4. The first-order valence-electron chi connectivity index (χ1n) is 10.4. The monoisotopic (exact) mass is 419 g/mol. The first-order chi connectivity index (χ1) is 15.1. The zero-order chi connectivity index (χ0) is 21.6. The van der Waals surface area contributed by atoms with Crippen LogP contribution in [0.5, 0.6) is 0 Å². The molecule has 1 fully saturated rings. The summed E-state index contributed by atoms with van der Waals surface area (Å²) in [6.45, 7) is 0. The van der Waals surface area contributed by atoms with Crippen LogP contribution in [0.3, 0.4) is 0 Å². The van der Waals surface area contributed by atoms with Crippen LogP contribution in [0.2, 0.25) is 0 Å². The minimum Gasteiger partial charge on any atom is -0.469 e. The van der Waals surface area contributed by atoms with Crippen LogP contribution in [0.1, 0.15) is 37.5 Å². The number of anilines is 2. The molecule has 4 rings (SSSR count). The summed E-state index contributed by atoms with van der Waals surface area (Å²) in [5, 5.41) is 5.59. The van der Waals surface area contributed by atoms with E-state index >= 15 is 0 Å². The Kier molecular flexibility index (Phi) is 6.31. The molecule has 1 saturated carbocycles. The highest BCUT2D eigenvalue weighted by molar-refractivity contribution is 5.99. The fraction of sp³-hybridized carbons (Fsp3) is 0.292. The fourth-order valence-electron chi connectivity index (χ4n) is 3.89. The summed E-state index contributed by atoms with van der Waals surface area (Å²) in [6.07, 6.45) is 5.03. The molecule has 7 heteroatoms. The lowest BCUT2D eigenvalue weighted by molar-refractivity contribution is -0.146. The van der Waals surface area contributed by atoms with Gasteiger partial charge in [0, 0.05) is 22.9 Å². The number of hydrogen-bond donors (Lipinski definition) is 2. The molecule has 2 amide bonds. The molecule has 2 N–H and O–H groups in total. The second-order valence-electron chi connectivity index (χ2n) is 7.66. The zero-order valence-corrected chi connectivity index (χ0v) is 17.3. The van der Waals surface area contributed by atoms with Gasteiger partial charge in [-0.2, -0.15) is 0 Å². The number of amides is 2. The molecule has 0 unspecified atom stereocenters. The number of methoxy groups -OCH3 is 1. The Morgan fingerprint density at radius 2 is 1.58 bits per heavy atom. The van der Waals surface area contributed by atoms with Gasteiger partial charge in [-0.1, -0.05) is 18.2 Å². The summed E-state index contributed by atoms with van der Waals surface area (Å²) < 4.78 is 10.9. The van der Waals surface area contributed by atoms with Gasteiger partial charge in [-0.15, -0.1) is 0 Å². The number of carbonyl (C=O) groups excluding carboxylic acids is 2. The van der Waals surface area contributed by atoms with Gasteiger partial charge in [-0.3, -0.25) is 4.79 Å². The van der Waals surface area contributed by atoms with Crippen LogP contribution < -0.4 is 10.6 Å². The fourth-order valence-corrected chi connectivity index (χ4v) is 3.89. The molecule has 0 spiro atoms. The van der Waals surface area contributed by atoms with E-state index in [2.05, 4.69) is 15.6 Å². The maximum absolute atomic E-state index is 12.1. The number of nitrogens with one attached hydrogen (secondary N) is 2. The molecule has 31 heavy (non-hydrogen) atoms. The standard InChI is InChI=1S/C24H25N3O4/c1-30-23(28)18-9-7-17(8-10-18)22-25-15-21(31-22)16-11-13-20(14-12-16)27-24(29)26-19-5-3-2-4-6-19/h2-6,11-15,17-18H,7-10H2,1H3,(H2,26,27,29). The maximum Gasteiger partial charge on any atom is 0.323 e. The van der Waals surface area contributed by atoms with E-state index in [0.717, 1.165) is 36.9 Å². The van der Waals surface area contributed by atoms with E-state index in [1.807, 2.05) is 54.6 Å². The molecule has 0 atom stereocenters. The van der Waals surface area contributed by atoms with Crippen LogP contribution in [0.4, 0.5) is 16.2 Å². The number of benzene rings is 2. The minimum absolute atomic E-state index is 0.0187. The Morgan fingerprint density at radius 1 is 0.935 bits per heavy atom. The van der Waals surface area contributed by atoms with Gasteiger partial charge < -0.3 is 19.8 Å². The number of carbonyl (C=O) groups is 2. The number of aromatic nitrogens is 1. The Hall–Kier alpha value is -3.61. The second-order valence-corrected chi connectivity index (χ2v) is 7.66. The lowest BCUT2D eigenvalue weighted by Gasteiger charge is -2.24. The maximum atomic E-state index is 12.1. The molecule has 2 aromatic carbocycles. The molecule has 0 aliphatic heterocycles. The van der Waals surface area contributed by atoms with Gasteiger partial charge in [0.25, 0.3) is 0 Å². The smallest absolute Gasteiger partial charge is 0.323 e. The Balaban J connectivity index is 1.34. The van der Waals surface area contributed by atoms with Crippen LogP contribution >= 0.6 is 0 Å². The number of oxazole rings is 1. The zero-order valence-electron chi connectivity index (χ0n) is 17.3. The van der Waals surface area contributed by atoms with Crippen LogP contribution in [-0.2, 0) is 9.53 Å². The largest absolute Gasteiger partial charge is 0.469 e. The third-order valence-corrected chi connectivity index (χ3v) is 5.59. The summed E-state index contributed by atoms with van der Waals surface area (Å²) in [5.41, 5.74) is 2.29. The summed E-state index contributed by atoms with van der Waals surface area (Å²) in [7, 11) is 1.44. The Bertz CT molecular complexity index is 1020. The predicted octanol–water partition coefficient (Wildman–Crippen LogP) is 5.43. The molecular weight excluding hydrogens is 394 g/mol. The lowest BCUT2D eigenvalue weighted by Crippen LogP contribution is -2.22. The Morgan fingerprint density at radius 3 is 2.23 bits per heavy atom. The molecule has 0 radical (unpaired) electrons. The average Bonchev–Trinajstić information content (AvgIpc) is 3.30. The van der Waals surface area contributed by atoms with E-state index in [1.165, 1.54) is 7.11 Å². The number of ether oxygens (including phenoxy) is 1. The highest BCUT2D eigenvalue weighted by Gasteiger charge is 2.30. The lowest BCUT2D eigenvalue weighted by atomic mass is 9.82. The number of esters is 1. The van der Waals surface area contributed by atoms with Crippen LogP contribution in [0.15, 0.2) is 65.2 Å². The van der Waals surface area contributed by atoms with Crippen molar-refractivity contribution in [3.05, 3.63) is 66.7 Å². The molecular formula is C24H25N3O4. The molecule has 160 valence electrons. The molecule has 1 heterocycles. The van der Waals surface area contributed by atoms with E-state index in [1.54, 1.807) is 6.20 Å². The number of urea groups is 1. The van der Waals surface area contributed by atoms with Crippen molar-refractivity contribution < 1.29 is 18.7 Å². The van der Waals surface area contributed by atoms with E-state index < -0.39 is 0 Å². The van der Waals surface area contributed by atoms with Crippen molar-refractivity contribution in [2.45, 2.75) is 31.6 Å².